The van der Waals surface area contributed by atoms with Gasteiger partial charge in [-0.1, -0.05) is 89.8 Å². The molecule has 3 heterocycles. The molecule has 2 aliphatic heterocycles. The molecule has 3 atom stereocenters. The number of fused-ring (bicyclic) bond motifs is 3. The fraction of sp³-hybridized carbons (Fsp3) is 0.152. The third-order valence-electron chi connectivity index (χ3n) is 7.87. The smallest absolute Gasteiger partial charge is 0.308 e. The molecule has 43 heavy (non-hydrogen) atoms. The third-order valence-corrected chi connectivity index (χ3v) is 10.5. The molecule has 0 saturated carbocycles. The lowest BCUT2D eigenvalue weighted by atomic mass is 9.82. The normalized spacial score (nSPS) is 19.3. The van der Waals surface area contributed by atoms with Crippen LogP contribution >= 0.6 is 23.1 Å². The molecule has 1 fully saturated rings. The summed E-state index contributed by atoms with van der Waals surface area (Å²) in [6.45, 7) is -0.231. The van der Waals surface area contributed by atoms with Gasteiger partial charge in [-0.15, -0.1) is 0 Å². The van der Waals surface area contributed by atoms with Crippen molar-refractivity contribution in [2.45, 2.75) is 22.7 Å². The maximum absolute atomic E-state index is 14.0. The number of carbonyl (C=O) groups is 3. The summed E-state index contributed by atoms with van der Waals surface area (Å²) in [6, 6.07) is 29.7. The second-order valence-corrected chi connectivity index (χ2v) is 12.5. The van der Waals surface area contributed by atoms with E-state index in [-0.39, 0.29) is 29.1 Å². The van der Waals surface area contributed by atoms with Crippen molar-refractivity contribution in [2.24, 2.45) is 5.92 Å². The molecule has 0 bridgehead atoms. The maximum Gasteiger partial charge on any atom is 0.308 e. The first-order valence-corrected chi connectivity index (χ1v) is 15.4. The molecule has 0 radical (unpaired) electrons. The van der Waals surface area contributed by atoms with Gasteiger partial charge >= 0.3 is 4.87 Å². The van der Waals surface area contributed by atoms with Crippen LogP contribution in [0.1, 0.15) is 16.4 Å². The number of ether oxygens (including phenoxy) is 1. The number of amides is 3. The molecule has 214 valence electrons. The monoisotopic (exact) mass is 607 g/mol. The number of thiazole rings is 1. The van der Waals surface area contributed by atoms with Gasteiger partial charge in [0.2, 0.25) is 17.7 Å². The number of aromatic nitrogens is 1. The van der Waals surface area contributed by atoms with Crippen molar-refractivity contribution in [2.75, 3.05) is 17.3 Å². The van der Waals surface area contributed by atoms with E-state index in [0.29, 0.717) is 32.6 Å². The van der Waals surface area contributed by atoms with Crippen LogP contribution < -0.4 is 19.8 Å². The van der Waals surface area contributed by atoms with E-state index in [1.165, 1.54) is 21.2 Å². The summed E-state index contributed by atoms with van der Waals surface area (Å²) in [5, 5.41) is 4.69. The van der Waals surface area contributed by atoms with Crippen molar-refractivity contribution in [1.29, 1.82) is 0 Å². The summed E-state index contributed by atoms with van der Waals surface area (Å²) >= 11 is 2.20. The minimum atomic E-state index is -0.779. The van der Waals surface area contributed by atoms with Gasteiger partial charge in [-0.05, 0) is 41.1 Å². The summed E-state index contributed by atoms with van der Waals surface area (Å²) in [7, 11) is 1.55. The van der Waals surface area contributed by atoms with Crippen LogP contribution in [0.3, 0.4) is 0 Å². The van der Waals surface area contributed by atoms with Gasteiger partial charge in [0, 0.05) is 22.0 Å². The average Bonchev–Trinajstić information content (AvgIpc) is 3.47. The van der Waals surface area contributed by atoms with E-state index >= 15 is 0 Å². The summed E-state index contributed by atoms with van der Waals surface area (Å²) in [6.07, 6.45) is 0. The van der Waals surface area contributed by atoms with Gasteiger partial charge in [0.05, 0.1) is 23.7 Å². The highest BCUT2D eigenvalue weighted by atomic mass is 32.2. The highest BCUT2D eigenvalue weighted by Crippen LogP contribution is 2.55. The van der Waals surface area contributed by atoms with Crippen molar-refractivity contribution in [3.05, 3.63) is 117 Å². The van der Waals surface area contributed by atoms with Crippen LogP contribution in [0.2, 0.25) is 0 Å². The van der Waals surface area contributed by atoms with E-state index in [1.54, 1.807) is 37.4 Å². The highest BCUT2D eigenvalue weighted by Gasteiger charge is 2.57. The highest BCUT2D eigenvalue weighted by molar-refractivity contribution is 8.00. The predicted molar refractivity (Wildman–Crippen MR) is 168 cm³/mol. The van der Waals surface area contributed by atoms with Crippen molar-refractivity contribution in [3.8, 4) is 5.75 Å². The first-order chi connectivity index (χ1) is 20.9. The van der Waals surface area contributed by atoms with Crippen LogP contribution in [-0.4, -0.2) is 34.6 Å². The van der Waals surface area contributed by atoms with Gasteiger partial charge in [0.25, 0.3) is 0 Å². The second-order valence-electron chi connectivity index (χ2n) is 10.4. The Morgan fingerprint density at radius 2 is 1.58 bits per heavy atom. The van der Waals surface area contributed by atoms with E-state index in [1.807, 2.05) is 66.7 Å². The Bertz CT molecular complexity index is 1970. The minimum Gasteiger partial charge on any atom is -0.496 e. The number of anilines is 2. The lowest BCUT2D eigenvalue weighted by Gasteiger charge is -2.31. The van der Waals surface area contributed by atoms with Gasteiger partial charge in [-0.2, -0.15) is 0 Å². The molecule has 0 spiro atoms. The van der Waals surface area contributed by atoms with E-state index in [4.69, 9.17) is 4.74 Å². The lowest BCUT2D eigenvalue weighted by molar-refractivity contribution is -0.122. The number of benzene rings is 4. The molecule has 0 aliphatic carbocycles. The number of para-hydroxylation sites is 2. The van der Waals surface area contributed by atoms with Crippen LogP contribution in [0.25, 0.3) is 10.8 Å². The fourth-order valence-corrected chi connectivity index (χ4v) is 8.72. The maximum atomic E-state index is 14.0. The second kappa shape index (κ2) is 10.9. The van der Waals surface area contributed by atoms with Crippen LogP contribution in [0.5, 0.6) is 5.75 Å². The molecule has 4 aromatic carbocycles. The Morgan fingerprint density at radius 3 is 2.37 bits per heavy atom. The minimum absolute atomic E-state index is 0.231. The zero-order valence-corrected chi connectivity index (χ0v) is 24.6. The SMILES string of the molecule is COc1ccccc1[C@@H]1c2sc(=O)n(CC(=O)Nc3ccc4ccccc4c3)c2S[C@H]2C(=O)N(c3ccccc3)C(=O)[C@@H]12. The molecule has 1 saturated heterocycles. The van der Waals surface area contributed by atoms with Crippen molar-refractivity contribution in [1.82, 2.24) is 4.57 Å². The van der Waals surface area contributed by atoms with Crippen LogP contribution in [0.4, 0.5) is 11.4 Å². The number of hydrogen-bond donors (Lipinski definition) is 1. The number of nitrogens with one attached hydrogen (secondary N) is 1. The zero-order valence-electron chi connectivity index (χ0n) is 22.9. The zero-order chi connectivity index (χ0) is 29.7. The molecule has 3 amide bonds. The van der Waals surface area contributed by atoms with E-state index in [9.17, 15) is 19.2 Å². The van der Waals surface area contributed by atoms with Crippen LogP contribution in [-0.2, 0) is 20.9 Å². The van der Waals surface area contributed by atoms with Gasteiger partial charge in [-0.3, -0.25) is 23.7 Å². The van der Waals surface area contributed by atoms with E-state index < -0.39 is 17.1 Å². The first kappa shape index (κ1) is 27.2. The van der Waals surface area contributed by atoms with Crippen molar-refractivity contribution in [3.63, 3.8) is 0 Å². The average molecular weight is 608 g/mol. The Morgan fingerprint density at radius 1 is 0.860 bits per heavy atom. The Labute approximate surface area is 254 Å². The molecule has 5 aromatic rings. The third kappa shape index (κ3) is 4.63. The lowest BCUT2D eigenvalue weighted by Crippen LogP contribution is -2.33. The molecule has 10 heteroatoms. The Kier molecular flexibility index (Phi) is 6.87. The number of imide groups is 1. The van der Waals surface area contributed by atoms with Gasteiger partial charge < -0.3 is 10.1 Å². The molecular formula is C33H25N3O5S2. The van der Waals surface area contributed by atoms with E-state index in [0.717, 1.165) is 22.1 Å². The largest absolute Gasteiger partial charge is 0.496 e. The molecule has 7 rings (SSSR count). The topological polar surface area (TPSA) is 97.7 Å². The number of carbonyl (C=O) groups excluding carboxylic acids is 3. The molecule has 1 N–H and O–H groups in total. The number of nitrogens with zero attached hydrogens (tertiary/aromatic N) is 2. The molecule has 0 unspecified atom stereocenters. The summed E-state index contributed by atoms with van der Waals surface area (Å²) < 4.78 is 7.09. The van der Waals surface area contributed by atoms with Crippen LogP contribution in [0, 0.1) is 5.92 Å². The molecule has 2 aliphatic rings. The number of hydrogen-bond acceptors (Lipinski definition) is 7. The summed E-state index contributed by atoms with van der Waals surface area (Å²) in [5.74, 6) is -1.83. The summed E-state index contributed by atoms with van der Waals surface area (Å²) in [5.41, 5.74) is 1.84. The molecule has 1 aromatic heterocycles. The number of rotatable bonds is 6. The van der Waals surface area contributed by atoms with Crippen molar-refractivity contribution >= 4 is 63.0 Å². The molecular weight excluding hydrogens is 583 g/mol. The molecule has 8 nitrogen and oxygen atoms in total. The van der Waals surface area contributed by atoms with Gasteiger partial charge in [-0.25, -0.2) is 4.90 Å². The van der Waals surface area contributed by atoms with E-state index in [2.05, 4.69) is 5.32 Å². The Hall–Kier alpha value is -4.67. The number of thioether (sulfide) groups is 1. The van der Waals surface area contributed by atoms with Gasteiger partial charge in [0.1, 0.15) is 17.5 Å². The number of methoxy groups -OCH3 is 1. The Balaban J connectivity index is 1.28. The first-order valence-electron chi connectivity index (χ1n) is 13.7. The fourth-order valence-electron chi connectivity index (χ4n) is 5.96. The predicted octanol–water partition coefficient (Wildman–Crippen LogP) is 5.51. The quantitative estimate of drug-likeness (QED) is 0.256. The van der Waals surface area contributed by atoms with Crippen LogP contribution in [0.15, 0.2) is 107 Å². The standard InChI is InChI=1S/C33H25N3O5S2/c1-41-24-14-8-7-13-23(24)26-27-28(31(39)36(30(27)38)22-11-3-2-4-12-22)42-32-29(26)43-33(40)35(32)18-25(37)34-21-16-15-19-9-5-6-10-20(19)17-21/h2-17,26-28H,18H2,1H3,(H,34,37)/t26-,27-,28+/m0/s1. The van der Waals surface area contributed by atoms with Gasteiger partial charge in [0.15, 0.2) is 0 Å². The summed E-state index contributed by atoms with van der Waals surface area (Å²) in [4.78, 5) is 56.2. The van der Waals surface area contributed by atoms with Crippen molar-refractivity contribution < 1.29 is 19.1 Å².